The van der Waals surface area contributed by atoms with Crippen LogP contribution in [0.3, 0.4) is 0 Å². The van der Waals surface area contributed by atoms with Crippen molar-refractivity contribution in [2.75, 3.05) is 20.3 Å². The molecule has 0 aliphatic rings. The molecule has 0 aliphatic heterocycles. The molecule has 0 bridgehead atoms. The van der Waals surface area contributed by atoms with Crippen LogP contribution in [0.4, 0.5) is 0 Å². The van der Waals surface area contributed by atoms with E-state index >= 15 is 0 Å². The lowest BCUT2D eigenvalue weighted by Crippen LogP contribution is -2.27. The zero-order chi connectivity index (χ0) is 12.2. The fourth-order valence-corrected chi connectivity index (χ4v) is 1.34. The van der Waals surface area contributed by atoms with Crippen molar-refractivity contribution in [1.82, 2.24) is 5.32 Å². The highest BCUT2D eigenvalue weighted by Crippen LogP contribution is 2.04. The molecule has 0 aromatic carbocycles. The lowest BCUT2D eigenvalue weighted by atomic mass is 10.1. The van der Waals surface area contributed by atoms with Gasteiger partial charge in [0, 0.05) is 20.1 Å². The van der Waals surface area contributed by atoms with Crippen LogP contribution in [0.2, 0.25) is 0 Å². The number of hydrogen-bond donors (Lipinski definition) is 2. The van der Waals surface area contributed by atoms with Crippen molar-refractivity contribution in [1.29, 1.82) is 0 Å². The van der Waals surface area contributed by atoms with E-state index in [1.165, 1.54) is 7.11 Å². The van der Waals surface area contributed by atoms with Crippen LogP contribution in [0.5, 0.6) is 0 Å². The number of nitrogens with one attached hydrogen (secondary N) is 1. The van der Waals surface area contributed by atoms with Gasteiger partial charge < -0.3 is 15.2 Å². The highest BCUT2D eigenvalue weighted by atomic mass is 16.5. The van der Waals surface area contributed by atoms with E-state index in [0.717, 1.165) is 32.1 Å². The molecule has 0 fully saturated rings. The van der Waals surface area contributed by atoms with Gasteiger partial charge in [0.2, 0.25) is 5.91 Å². The third kappa shape index (κ3) is 11.0. The molecule has 0 radical (unpaired) electrons. The number of aliphatic carboxylic acids is 1. The SMILES string of the molecule is COCC(=O)NCCCCCCCC(=O)O. The molecule has 0 atom stereocenters. The van der Waals surface area contributed by atoms with E-state index < -0.39 is 5.97 Å². The number of methoxy groups -OCH3 is 1. The van der Waals surface area contributed by atoms with Gasteiger partial charge in [0.05, 0.1) is 0 Å². The highest BCUT2D eigenvalue weighted by molar-refractivity contribution is 5.77. The van der Waals surface area contributed by atoms with E-state index in [1.54, 1.807) is 0 Å². The Morgan fingerprint density at radius 3 is 2.38 bits per heavy atom. The number of amides is 1. The lowest BCUT2D eigenvalue weighted by molar-refractivity contribution is -0.137. The van der Waals surface area contributed by atoms with Gasteiger partial charge in [0.15, 0.2) is 0 Å². The summed E-state index contributed by atoms with van der Waals surface area (Å²) in [6.45, 7) is 0.778. The van der Waals surface area contributed by atoms with Crippen molar-refractivity contribution >= 4 is 11.9 Å². The topological polar surface area (TPSA) is 75.6 Å². The molecule has 0 rings (SSSR count). The zero-order valence-corrected chi connectivity index (χ0v) is 9.83. The van der Waals surface area contributed by atoms with Gasteiger partial charge in [0.25, 0.3) is 0 Å². The smallest absolute Gasteiger partial charge is 0.303 e. The molecule has 5 nitrogen and oxygen atoms in total. The fraction of sp³-hybridized carbons (Fsp3) is 0.818. The van der Waals surface area contributed by atoms with Gasteiger partial charge in [0.1, 0.15) is 6.61 Å². The van der Waals surface area contributed by atoms with Crippen molar-refractivity contribution in [2.45, 2.75) is 38.5 Å². The Morgan fingerprint density at radius 2 is 1.75 bits per heavy atom. The summed E-state index contributed by atoms with van der Waals surface area (Å²) < 4.78 is 4.67. The van der Waals surface area contributed by atoms with Gasteiger partial charge in [-0.1, -0.05) is 19.3 Å². The average Bonchev–Trinajstić information content (AvgIpc) is 2.22. The number of carboxylic acid groups (broad SMARTS) is 1. The second kappa shape index (κ2) is 10.4. The molecular formula is C11H21NO4. The highest BCUT2D eigenvalue weighted by Gasteiger charge is 1.99. The minimum Gasteiger partial charge on any atom is -0.481 e. The molecule has 94 valence electrons. The first-order valence-electron chi connectivity index (χ1n) is 5.64. The first-order valence-corrected chi connectivity index (χ1v) is 5.64. The summed E-state index contributed by atoms with van der Waals surface area (Å²) in [5, 5.41) is 11.1. The third-order valence-electron chi connectivity index (χ3n) is 2.17. The van der Waals surface area contributed by atoms with E-state index in [9.17, 15) is 9.59 Å². The Balaban J connectivity index is 3.09. The fourth-order valence-electron chi connectivity index (χ4n) is 1.34. The Morgan fingerprint density at radius 1 is 1.12 bits per heavy atom. The first-order chi connectivity index (χ1) is 7.66. The van der Waals surface area contributed by atoms with E-state index in [4.69, 9.17) is 5.11 Å². The zero-order valence-electron chi connectivity index (χ0n) is 9.83. The van der Waals surface area contributed by atoms with Gasteiger partial charge in [-0.2, -0.15) is 0 Å². The third-order valence-corrected chi connectivity index (χ3v) is 2.17. The number of hydrogen-bond acceptors (Lipinski definition) is 3. The average molecular weight is 231 g/mol. The maximum atomic E-state index is 11.0. The molecule has 0 unspecified atom stereocenters. The summed E-state index contributed by atoms with van der Waals surface area (Å²) >= 11 is 0. The lowest BCUT2D eigenvalue weighted by Gasteiger charge is -2.04. The maximum absolute atomic E-state index is 11.0. The molecule has 2 N–H and O–H groups in total. The van der Waals surface area contributed by atoms with Gasteiger partial charge in [-0.3, -0.25) is 9.59 Å². The Kier molecular flexibility index (Phi) is 9.70. The van der Waals surface area contributed by atoms with Crippen LogP contribution < -0.4 is 5.32 Å². The van der Waals surface area contributed by atoms with E-state index in [0.29, 0.717) is 6.54 Å². The number of ether oxygens (including phenoxy) is 1. The van der Waals surface area contributed by atoms with Crippen molar-refractivity contribution in [2.24, 2.45) is 0 Å². The molecule has 0 saturated heterocycles. The van der Waals surface area contributed by atoms with Gasteiger partial charge in [-0.25, -0.2) is 0 Å². The van der Waals surface area contributed by atoms with Crippen molar-refractivity contribution in [3.05, 3.63) is 0 Å². The van der Waals surface area contributed by atoms with E-state index in [1.807, 2.05) is 0 Å². The summed E-state index contributed by atoms with van der Waals surface area (Å²) in [7, 11) is 1.49. The minimum atomic E-state index is -0.730. The second-order valence-corrected chi connectivity index (χ2v) is 3.69. The quantitative estimate of drug-likeness (QED) is 0.553. The molecule has 5 heteroatoms. The first kappa shape index (κ1) is 14.9. The molecule has 0 aromatic heterocycles. The number of unbranched alkanes of at least 4 members (excludes halogenated alkanes) is 4. The molecule has 16 heavy (non-hydrogen) atoms. The normalized spacial score (nSPS) is 10.1. The molecule has 1 amide bonds. The van der Waals surface area contributed by atoms with Crippen LogP contribution in [0.25, 0.3) is 0 Å². The van der Waals surface area contributed by atoms with Gasteiger partial charge in [-0.15, -0.1) is 0 Å². The number of carbonyl (C=O) groups excluding carboxylic acids is 1. The summed E-state index contributed by atoms with van der Waals surface area (Å²) in [4.78, 5) is 21.2. The maximum Gasteiger partial charge on any atom is 0.303 e. The largest absolute Gasteiger partial charge is 0.481 e. The second-order valence-electron chi connectivity index (χ2n) is 3.69. The van der Waals surface area contributed by atoms with Gasteiger partial charge in [-0.05, 0) is 12.8 Å². The molecule has 0 aliphatic carbocycles. The number of rotatable bonds is 10. The molecule has 0 saturated carbocycles. The Labute approximate surface area is 96.2 Å². The monoisotopic (exact) mass is 231 g/mol. The molecule has 0 heterocycles. The van der Waals surface area contributed by atoms with E-state index in [2.05, 4.69) is 10.1 Å². The Bertz CT molecular complexity index is 206. The summed E-state index contributed by atoms with van der Waals surface area (Å²) in [5.74, 6) is -0.819. The van der Waals surface area contributed by atoms with Crippen LogP contribution in [-0.4, -0.2) is 37.2 Å². The van der Waals surface area contributed by atoms with E-state index in [-0.39, 0.29) is 18.9 Å². The Hall–Kier alpha value is -1.10. The molecule has 0 aromatic rings. The van der Waals surface area contributed by atoms with Crippen molar-refractivity contribution in [3.8, 4) is 0 Å². The van der Waals surface area contributed by atoms with Crippen LogP contribution in [0.1, 0.15) is 38.5 Å². The van der Waals surface area contributed by atoms with Crippen molar-refractivity contribution < 1.29 is 19.4 Å². The van der Waals surface area contributed by atoms with Crippen LogP contribution in [0.15, 0.2) is 0 Å². The minimum absolute atomic E-state index is 0.0895. The van der Waals surface area contributed by atoms with Crippen LogP contribution >= 0.6 is 0 Å². The van der Waals surface area contributed by atoms with Crippen molar-refractivity contribution in [3.63, 3.8) is 0 Å². The standard InChI is InChI=1S/C11H21NO4/c1-16-9-10(13)12-8-6-4-2-3-5-7-11(14)15/h2-9H2,1H3,(H,12,13)(H,14,15). The summed E-state index contributed by atoms with van der Waals surface area (Å²) in [5.41, 5.74) is 0. The predicted octanol–water partition coefficient (Wildman–Crippen LogP) is 1.17. The van der Waals surface area contributed by atoms with Crippen LogP contribution in [-0.2, 0) is 14.3 Å². The number of carbonyl (C=O) groups is 2. The van der Waals surface area contributed by atoms with Crippen LogP contribution in [0, 0.1) is 0 Å². The summed E-state index contributed by atoms with van der Waals surface area (Å²) in [6, 6.07) is 0. The predicted molar refractivity (Wildman–Crippen MR) is 60.2 cm³/mol. The number of carboxylic acids is 1. The summed E-state index contributed by atoms with van der Waals surface area (Å²) in [6.07, 6.45) is 4.91. The van der Waals surface area contributed by atoms with Gasteiger partial charge >= 0.3 is 5.97 Å². The molecular weight excluding hydrogens is 210 g/mol. The molecule has 0 spiro atoms.